The van der Waals surface area contributed by atoms with Gasteiger partial charge in [-0.15, -0.1) is 0 Å². The molecule has 180 valence electrons. The van der Waals surface area contributed by atoms with Gasteiger partial charge in [0.15, 0.2) is 0 Å². The first-order chi connectivity index (χ1) is 17.7. The fourth-order valence-electron chi connectivity index (χ4n) is 4.35. The first-order valence-corrected chi connectivity index (χ1v) is 12.0. The van der Waals surface area contributed by atoms with E-state index in [1.54, 1.807) is 17.3 Å². The molecule has 1 aliphatic rings. The molecule has 2 heterocycles. The molecule has 3 aromatic carbocycles. The highest BCUT2D eigenvalue weighted by molar-refractivity contribution is 5.97. The number of hydrogen-bond acceptors (Lipinski definition) is 4. The molecule has 0 bridgehead atoms. The number of carbonyl (C=O) groups excluding carboxylic acids is 2. The number of aromatic nitrogens is 1. The van der Waals surface area contributed by atoms with Crippen LogP contribution in [0.3, 0.4) is 0 Å². The van der Waals surface area contributed by atoms with E-state index in [4.69, 9.17) is 4.74 Å². The Kier molecular flexibility index (Phi) is 7.15. The van der Waals surface area contributed by atoms with Gasteiger partial charge in [0.05, 0.1) is 6.61 Å². The molecule has 6 heteroatoms. The van der Waals surface area contributed by atoms with Crippen molar-refractivity contribution >= 4 is 17.5 Å². The Labute approximate surface area is 210 Å². The van der Waals surface area contributed by atoms with Crippen LogP contribution in [0.5, 0.6) is 0 Å². The Bertz CT molecular complexity index is 1340. The van der Waals surface area contributed by atoms with Gasteiger partial charge in [0.1, 0.15) is 6.61 Å². The van der Waals surface area contributed by atoms with E-state index in [9.17, 15) is 9.59 Å². The normalized spacial score (nSPS) is 12.3. The minimum Gasteiger partial charge on any atom is -0.367 e. The summed E-state index contributed by atoms with van der Waals surface area (Å²) in [6, 6.07) is 27.4. The van der Waals surface area contributed by atoms with Gasteiger partial charge in [0.25, 0.3) is 11.8 Å². The smallest absolute Gasteiger partial charge is 0.253 e. The topological polar surface area (TPSA) is 71.5 Å². The lowest BCUT2D eigenvalue weighted by atomic mass is 10.0. The van der Waals surface area contributed by atoms with Crippen LogP contribution in [0, 0.1) is 0 Å². The van der Waals surface area contributed by atoms with Crippen molar-refractivity contribution in [2.75, 3.05) is 18.1 Å². The second kappa shape index (κ2) is 11.0. The molecule has 1 aromatic heterocycles. The number of hydrogen-bond donors (Lipinski definition) is 1. The third-order valence-corrected chi connectivity index (χ3v) is 6.27. The van der Waals surface area contributed by atoms with E-state index in [1.807, 2.05) is 78.9 Å². The average molecular weight is 478 g/mol. The highest BCUT2D eigenvalue weighted by Crippen LogP contribution is 2.32. The summed E-state index contributed by atoms with van der Waals surface area (Å²) in [6.45, 7) is 1.57. The van der Waals surface area contributed by atoms with Crippen LogP contribution in [0.2, 0.25) is 0 Å². The van der Waals surface area contributed by atoms with E-state index < -0.39 is 0 Å². The van der Waals surface area contributed by atoms with Crippen LogP contribution in [-0.4, -0.2) is 29.9 Å². The lowest BCUT2D eigenvalue weighted by Gasteiger charge is -2.18. The molecular formula is C30H27N3O3. The molecule has 0 saturated carbocycles. The van der Waals surface area contributed by atoms with E-state index in [0.717, 1.165) is 39.9 Å². The standard InChI is InChI=1S/C30H27N3O3/c34-29(21-36-20-22-5-2-1-3-6-22)33-16-14-27-17-26(12-13-28(27)33)24-8-10-25(11-9-24)30(35)32-19-23-7-4-15-31-18-23/h1-13,15,17-18H,14,16,19-21H2,(H,32,35). The molecule has 0 atom stereocenters. The maximum Gasteiger partial charge on any atom is 0.253 e. The summed E-state index contributed by atoms with van der Waals surface area (Å²) in [5.74, 6) is -0.151. The molecule has 4 aromatic rings. The Balaban J connectivity index is 1.19. The zero-order valence-electron chi connectivity index (χ0n) is 19.9. The maximum absolute atomic E-state index is 12.8. The number of carbonyl (C=O) groups is 2. The molecule has 1 aliphatic heterocycles. The molecule has 6 nitrogen and oxygen atoms in total. The van der Waals surface area contributed by atoms with E-state index in [0.29, 0.717) is 25.3 Å². The van der Waals surface area contributed by atoms with Gasteiger partial charge >= 0.3 is 0 Å². The largest absolute Gasteiger partial charge is 0.367 e. The van der Waals surface area contributed by atoms with Crippen LogP contribution in [0.15, 0.2) is 97.3 Å². The predicted molar refractivity (Wildman–Crippen MR) is 139 cm³/mol. The van der Waals surface area contributed by atoms with E-state index in [1.165, 1.54) is 0 Å². The fraction of sp³-hybridized carbons (Fsp3) is 0.167. The van der Waals surface area contributed by atoms with Crippen molar-refractivity contribution in [1.29, 1.82) is 0 Å². The van der Waals surface area contributed by atoms with Crippen molar-refractivity contribution in [1.82, 2.24) is 10.3 Å². The third-order valence-electron chi connectivity index (χ3n) is 6.27. The molecule has 36 heavy (non-hydrogen) atoms. The van der Waals surface area contributed by atoms with Crippen molar-refractivity contribution in [3.05, 3.63) is 120 Å². The van der Waals surface area contributed by atoms with Gasteiger partial charge in [-0.2, -0.15) is 0 Å². The molecule has 0 unspecified atom stereocenters. The van der Waals surface area contributed by atoms with Crippen molar-refractivity contribution in [2.24, 2.45) is 0 Å². The van der Waals surface area contributed by atoms with Gasteiger partial charge in [-0.3, -0.25) is 14.6 Å². The second-order valence-corrected chi connectivity index (χ2v) is 8.74. The molecule has 0 spiro atoms. The van der Waals surface area contributed by atoms with Gasteiger partial charge in [0, 0.05) is 36.7 Å². The number of pyridine rings is 1. The first-order valence-electron chi connectivity index (χ1n) is 12.0. The lowest BCUT2D eigenvalue weighted by molar-refractivity contribution is -0.123. The fourth-order valence-corrected chi connectivity index (χ4v) is 4.35. The number of nitrogens with one attached hydrogen (secondary N) is 1. The zero-order chi connectivity index (χ0) is 24.7. The lowest BCUT2D eigenvalue weighted by Crippen LogP contribution is -2.32. The number of anilines is 1. The minimum absolute atomic E-state index is 0.0286. The van der Waals surface area contributed by atoms with Crippen LogP contribution in [0.1, 0.15) is 27.0 Å². The van der Waals surface area contributed by atoms with Gasteiger partial charge in [-0.1, -0.05) is 54.6 Å². The van der Waals surface area contributed by atoms with Crippen LogP contribution in [0.25, 0.3) is 11.1 Å². The Morgan fingerprint density at radius 2 is 1.67 bits per heavy atom. The van der Waals surface area contributed by atoms with Gasteiger partial charge in [0.2, 0.25) is 0 Å². The molecule has 0 saturated heterocycles. The minimum atomic E-state index is -0.122. The molecule has 2 amide bonds. The number of benzene rings is 3. The van der Waals surface area contributed by atoms with E-state index in [2.05, 4.69) is 16.4 Å². The van der Waals surface area contributed by atoms with Gasteiger partial charge < -0.3 is 15.0 Å². The third kappa shape index (κ3) is 5.50. The average Bonchev–Trinajstić information content (AvgIpc) is 3.36. The van der Waals surface area contributed by atoms with Crippen molar-refractivity contribution in [2.45, 2.75) is 19.6 Å². The van der Waals surface area contributed by atoms with Crippen molar-refractivity contribution < 1.29 is 14.3 Å². The van der Waals surface area contributed by atoms with Crippen LogP contribution < -0.4 is 10.2 Å². The summed E-state index contributed by atoms with van der Waals surface area (Å²) in [7, 11) is 0. The number of rotatable bonds is 8. The van der Waals surface area contributed by atoms with Crippen molar-refractivity contribution in [3.8, 4) is 11.1 Å². The summed E-state index contributed by atoms with van der Waals surface area (Å²) < 4.78 is 5.65. The monoisotopic (exact) mass is 477 g/mol. The summed E-state index contributed by atoms with van der Waals surface area (Å²) in [6.07, 6.45) is 4.26. The number of nitrogens with zero attached hydrogens (tertiary/aromatic N) is 2. The molecule has 0 radical (unpaired) electrons. The summed E-state index contributed by atoms with van der Waals surface area (Å²) in [5, 5.41) is 2.92. The Morgan fingerprint density at radius 1 is 0.889 bits per heavy atom. The van der Waals surface area contributed by atoms with Crippen LogP contribution in [0.4, 0.5) is 5.69 Å². The SMILES string of the molecule is O=C(NCc1cccnc1)c1ccc(-c2ccc3c(c2)CCN3C(=O)COCc2ccccc2)cc1. The molecule has 1 N–H and O–H groups in total. The molecular weight excluding hydrogens is 450 g/mol. The maximum atomic E-state index is 12.8. The highest BCUT2D eigenvalue weighted by Gasteiger charge is 2.25. The summed E-state index contributed by atoms with van der Waals surface area (Å²) in [4.78, 5) is 31.1. The number of ether oxygens (including phenoxy) is 1. The quantitative estimate of drug-likeness (QED) is 0.396. The zero-order valence-corrected chi connectivity index (χ0v) is 19.9. The highest BCUT2D eigenvalue weighted by atomic mass is 16.5. The van der Waals surface area contributed by atoms with E-state index in [-0.39, 0.29) is 18.4 Å². The molecule has 0 aliphatic carbocycles. The molecule has 5 rings (SSSR count). The van der Waals surface area contributed by atoms with Crippen LogP contribution >= 0.6 is 0 Å². The number of amides is 2. The Morgan fingerprint density at radius 3 is 2.44 bits per heavy atom. The van der Waals surface area contributed by atoms with Crippen LogP contribution in [-0.2, 0) is 29.1 Å². The van der Waals surface area contributed by atoms with Gasteiger partial charge in [-0.25, -0.2) is 0 Å². The predicted octanol–water partition coefficient (Wildman–Crippen LogP) is 4.78. The molecule has 0 fully saturated rings. The van der Waals surface area contributed by atoms with E-state index >= 15 is 0 Å². The van der Waals surface area contributed by atoms with Gasteiger partial charge in [-0.05, 0) is 64.6 Å². The summed E-state index contributed by atoms with van der Waals surface area (Å²) in [5.41, 5.74) is 6.78. The Hall–Kier alpha value is -4.29. The summed E-state index contributed by atoms with van der Waals surface area (Å²) >= 11 is 0. The van der Waals surface area contributed by atoms with Crippen molar-refractivity contribution in [3.63, 3.8) is 0 Å². The first kappa shape index (κ1) is 23.5. The number of fused-ring (bicyclic) bond motifs is 1. The second-order valence-electron chi connectivity index (χ2n) is 8.74.